The molecule has 0 bridgehead atoms. The van der Waals surface area contributed by atoms with E-state index in [1.165, 1.54) is 46.3 Å². The van der Waals surface area contributed by atoms with Gasteiger partial charge in [0.1, 0.15) is 5.75 Å². The number of nitrogens with two attached hydrogens (primary N) is 1. The fraction of sp³-hybridized carbons (Fsp3) is 0.500. The standard InChI is InChI=1S/C17H27NO.C9H13N.C2H6/c1-7-13(3)9-10-18(8-2)17-14(4)11-16(19-6)12-15(17)5;1-6-4-9(10)5-7(2)8(6)3;1-2/h8,11-13H,2,7,9-10H2,1,3-6H3;4-5H,10H2,1-3H3;1-2H3. The van der Waals surface area contributed by atoms with Crippen molar-refractivity contribution in [2.75, 3.05) is 24.3 Å². The number of aryl methyl sites for hydroxylation is 4. The Labute approximate surface area is 192 Å². The van der Waals surface area contributed by atoms with Crippen LogP contribution in [0.4, 0.5) is 11.4 Å². The summed E-state index contributed by atoms with van der Waals surface area (Å²) in [6.07, 6.45) is 4.35. The lowest BCUT2D eigenvalue weighted by atomic mass is 10.0. The number of ether oxygens (including phenoxy) is 1. The number of anilines is 2. The average Bonchev–Trinajstić information content (AvgIpc) is 2.75. The van der Waals surface area contributed by atoms with E-state index < -0.39 is 0 Å². The van der Waals surface area contributed by atoms with Crippen molar-refractivity contribution in [3.8, 4) is 5.75 Å². The summed E-state index contributed by atoms with van der Waals surface area (Å²) >= 11 is 0. The fourth-order valence-corrected chi connectivity index (χ4v) is 3.41. The van der Waals surface area contributed by atoms with Gasteiger partial charge in [0.25, 0.3) is 0 Å². The van der Waals surface area contributed by atoms with Crippen molar-refractivity contribution < 1.29 is 4.74 Å². The van der Waals surface area contributed by atoms with Crippen molar-refractivity contribution in [2.45, 2.75) is 75.2 Å². The lowest BCUT2D eigenvalue weighted by Crippen LogP contribution is -2.20. The number of nitrogens with zero attached hydrogens (tertiary/aromatic N) is 1. The van der Waals surface area contributed by atoms with Gasteiger partial charge in [-0.05, 0) is 105 Å². The van der Waals surface area contributed by atoms with Gasteiger partial charge < -0.3 is 15.4 Å². The second kappa shape index (κ2) is 14.6. The van der Waals surface area contributed by atoms with Crippen LogP contribution in [0.3, 0.4) is 0 Å². The Morgan fingerprint density at radius 3 is 1.84 bits per heavy atom. The van der Waals surface area contributed by atoms with Gasteiger partial charge in [-0.15, -0.1) is 0 Å². The zero-order valence-corrected chi connectivity index (χ0v) is 21.7. The van der Waals surface area contributed by atoms with E-state index >= 15 is 0 Å². The van der Waals surface area contributed by atoms with Crippen molar-refractivity contribution in [1.82, 2.24) is 0 Å². The highest BCUT2D eigenvalue weighted by atomic mass is 16.5. The Hall–Kier alpha value is -2.42. The van der Waals surface area contributed by atoms with E-state index in [0.717, 1.165) is 23.9 Å². The molecule has 0 heterocycles. The van der Waals surface area contributed by atoms with Crippen LogP contribution in [0.15, 0.2) is 37.0 Å². The van der Waals surface area contributed by atoms with Crippen molar-refractivity contribution in [2.24, 2.45) is 5.92 Å². The smallest absolute Gasteiger partial charge is 0.119 e. The van der Waals surface area contributed by atoms with Crippen LogP contribution in [0.5, 0.6) is 5.75 Å². The fourth-order valence-electron chi connectivity index (χ4n) is 3.41. The Morgan fingerprint density at radius 1 is 0.968 bits per heavy atom. The molecule has 2 aromatic carbocycles. The van der Waals surface area contributed by atoms with E-state index in [-0.39, 0.29) is 0 Å². The highest BCUT2D eigenvalue weighted by molar-refractivity contribution is 5.63. The first kappa shape index (κ1) is 28.6. The molecule has 3 nitrogen and oxygen atoms in total. The van der Waals surface area contributed by atoms with E-state index in [1.54, 1.807) is 7.11 Å². The van der Waals surface area contributed by atoms with E-state index in [9.17, 15) is 0 Å². The molecule has 3 heteroatoms. The predicted molar refractivity (Wildman–Crippen MR) is 140 cm³/mol. The second-order valence-electron chi connectivity index (χ2n) is 8.07. The highest BCUT2D eigenvalue weighted by Crippen LogP contribution is 2.30. The molecule has 1 atom stereocenters. The van der Waals surface area contributed by atoms with E-state index in [2.05, 4.69) is 72.1 Å². The van der Waals surface area contributed by atoms with Gasteiger partial charge in [-0.3, -0.25) is 0 Å². The number of hydrogen-bond donors (Lipinski definition) is 1. The van der Waals surface area contributed by atoms with Gasteiger partial charge in [0.05, 0.1) is 7.11 Å². The van der Waals surface area contributed by atoms with Gasteiger partial charge in [-0.25, -0.2) is 0 Å². The Morgan fingerprint density at radius 2 is 1.45 bits per heavy atom. The van der Waals surface area contributed by atoms with E-state index in [0.29, 0.717) is 0 Å². The molecule has 1 unspecified atom stereocenters. The molecular formula is C28H46N2O. The molecule has 0 spiro atoms. The maximum Gasteiger partial charge on any atom is 0.119 e. The van der Waals surface area contributed by atoms with Crippen LogP contribution in [0.1, 0.15) is 68.4 Å². The summed E-state index contributed by atoms with van der Waals surface area (Å²) < 4.78 is 5.32. The third kappa shape index (κ3) is 9.08. The minimum absolute atomic E-state index is 0.751. The van der Waals surface area contributed by atoms with E-state index in [1.807, 2.05) is 32.2 Å². The number of nitrogen functional groups attached to an aromatic ring is 1. The molecule has 0 aliphatic carbocycles. The van der Waals surface area contributed by atoms with Crippen LogP contribution in [-0.2, 0) is 0 Å². The van der Waals surface area contributed by atoms with Crippen LogP contribution >= 0.6 is 0 Å². The van der Waals surface area contributed by atoms with Crippen molar-refractivity contribution >= 4 is 11.4 Å². The van der Waals surface area contributed by atoms with Crippen LogP contribution in [0, 0.1) is 40.5 Å². The van der Waals surface area contributed by atoms with Gasteiger partial charge >= 0.3 is 0 Å². The molecule has 0 fully saturated rings. The molecule has 0 saturated carbocycles. The van der Waals surface area contributed by atoms with Gasteiger partial charge in [0.2, 0.25) is 0 Å². The molecule has 0 radical (unpaired) electrons. The predicted octanol–water partition coefficient (Wildman–Crippen LogP) is 7.92. The summed E-state index contributed by atoms with van der Waals surface area (Å²) in [7, 11) is 1.71. The number of rotatable bonds is 7. The molecule has 0 aliphatic heterocycles. The van der Waals surface area contributed by atoms with Crippen LogP contribution < -0.4 is 15.4 Å². The Kier molecular flexibility index (Phi) is 13.4. The first-order valence-electron chi connectivity index (χ1n) is 11.5. The number of methoxy groups -OCH3 is 1. The third-order valence-corrected chi connectivity index (χ3v) is 5.72. The SMILES string of the molecule is C=CN(CCC(C)CC)c1c(C)cc(OC)cc1C.CC.Cc1cc(N)cc(C)c1C. The lowest BCUT2D eigenvalue weighted by molar-refractivity contribution is 0.414. The quantitative estimate of drug-likeness (QED) is 0.457. The molecule has 31 heavy (non-hydrogen) atoms. The van der Waals surface area contributed by atoms with Gasteiger partial charge in [-0.1, -0.05) is 40.7 Å². The van der Waals surface area contributed by atoms with Gasteiger partial charge in [0, 0.05) is 17.9 Å². The number of benzene rings is 2. The summed E-state index contributed by atoms with van der Waals surface area (Å²) in [6, 6.07) is 8.18. The molecule has 174 valence electrons. The molecule has 2 aromatic rings. The topological polar surface area (TPSA) is 38.5 Å². The zero-order valence-electron chi connectivity index (χ0n) is 21.7. The summed E-state index contributed by atoms with van der Waals surface area (Å²) in [4.78, 5) is 2.26. The lowest BCUT2D eigenvalue weighted by Gasteiger charge is -2.26. The van der Waals surface area contributed by atoms with Crippen molar-refractivity contribution in [3.63, 3.8) is 0 Å². The van der Waals surface area contributed by atoms with Crippen molar-refractivity contribution in [3.05, 3.63) is 64.9 Å². The first-order chi connectivity index (χ1) is 14.6. The molecule has 0 aliphatic rings. The maximum absolute atomic E-state index is 5.63. The van der Waals surface area contributed by atoms with Crippen LogP contribution in [0.2, 0.25) is 0 Å². The van der Waals surface area contributed by atoms with Crippen LogP contribution in [0.25, 0.3) is 0 Å². The average molecular weight is 427 g/mol. The molecule has 2 rings (SSSR count). The van der Waals surface area contributed by atoms with Crippen LogP contribution in [-0.4, -0.2) is 13.7 Å². The van der Waals surface area contributed by atoms with Gasteiger partial charge in [-0.2, -0.15) is 0 Å². The first-order valence-corrected chi connectivity index (χ1v) is 11.5. The Bertz CT molecular complexity index is 765. The van der Waals surface area contributed by atoms with Gasteiger partial charge in [0.15, 0.2) is 0 Å². The minimum Gasteiger partial charge on any atom is -0.497 e. The molecule has 0 aromatic heterocycles. The molecule has 0 amide bonds. The summed E-state index contributed by atoms with van der Waals surface area (Å²) in [5, 5.41) is 0. The second-order valence-corrected chi connectivity index (χ2v) is 8.07. The van der Waals surface area contributed by atoms with E-state index in [4.69, 9.17) is 10.5 Å². The Balaban J connectivity index is 0.000000628. The van der Waals surface area contributed by atoms with Crippen molar-refractivity contribution in [1.29, 1.82) is 0 Å². The summed E-state index contributed by atoms with van der Waals surface area (Å²) in [5.74, 6) is 1.67. The molecule has 0 saturated heterocycles. The zero-order chi connectivity index (χ0) is 24.1. The summed E-state index contributed by atoms with van der Waals surface area (Å²) in [5.41, 5.74) is 14.1. The molecule has 2 N–H and O–H groups in total. The highest BCUT2D eigenvalue weighted by Gasteiger charge is 2.12. The third-order valence-electron chi connectivity index (χ3n) is 5.72. The summed E-state index contributed by atoms with van der Waals surface area (Å²) in [6.45, 7) is 24.1. The minimum atomic E-state index is 0.751. The monoisotopic (exact) mass is 426 g/mol. The normalized spacial score (nSPS) is 10.8. The maximum atomic E-state index is 5.63. The largest absolute Gasteiger partial charge is 0.497 e. The number of hydrogen-bond acceptors (Lipinski definition) is 3. The molecular weight excluding hydrogens is 380 g/mol.